The molecule has 0 saturated carbocycles. The van der Waals surface area contributed by atoms with Gasteiger partial charge < -0.3 is 25.0 Å². The van der Waals surface area contributed by atoms with E-state index in [-0.39, 0.29) is 54.8 Å². The SMILES string of the molecule is [C-]#N.[CH-]=C.[CH-]=C.[Cu+].[Li+].[Li+]. The van der Waals surface area contributed by atoms with Crippen LogP contribution in [-0.4, -0.2) is 0 Å². The third-order valence-electron chi connectivity index (χ3n) is 0. The minimum absolute atomic E-state index is 0. The molecule has 44 valence electrons. The van der Waals surface area contributed by atoms with Crippen molar-refractivity contribution < 1.29 is 54.8 Å². The average Bonchev–Trinajstić information content (AvgIpc) is 1.81. The maximum absolute atomic E-state index is 6.25. The fourth-order valence-electron chi connectivity index (χ4n) is 0. The van der Waals surface area contributed by atoms with Gasteiger partial charge in [0.05, 0.1) is 0 Å². The Bertz CT molecular complexity index is 31.4. The van der Waals surface area contributed by atoms with Gasteiger partial charge in [-0.05, 0) is 0 Å². The third-order valence-corrected chi connectivity index (χ3v) is 0. The maximum atomic E-state index is 6.25. The first-order valence-corrected chi connectivity index (χ1v) is 1.04. The fourth-order valence-corrected chi connectivity index (χ4v) is 0. The van der Waals surface area contributed by atoms with Crippen LogP contribution in [0.4, 0.5) is 0 Å². The van der Waals surface area contributed by atoms with Gasteiger partial charge in [0, 0.05) is 0 Å². The zero-order valence-corrected chi connectivity index (χ0v) is 6.76. The van der Waals surface area contributed by atoms with Gasteiger partial charge in [-0.25, -0.2) is 0 Å². The summed E-state index contributed by atoms with van der Waals surface area (Å²) in [7, 11) is 0. The van der Waals surface area contributed by atoms with Crippen LogP contribution in [0.25, 0.3) is 0 Å². The van der Waals surface area contributed by atoms with Crippen molar-refractivity contribution in [2.24, 2.45) is 0 Å². The van der Waals surface area contributed by atoms with Gasteiger partial charge >= 0.3 is 54.8 Å². The molecule has 0 radical (unpaired) electrons. The van der Waals surface area contributed by atoms with Crippen molar-refractivity contribution in [3.8, 4) is 0 Å². The standard InChI is InChI=1S/2C2H3.CN.Cu.2Li/c3*1-2;;;/h2*1H,2H2;;;;/q3*-1;3*+1. The van der Waals surface area contributed by atoms with E-state index in [9.17, 15) is 0 Å². The van der Waals surface area contributed by atoms with Crippen molar-refractivity contribution in [2.75, 3.05) is 0 Å². The molecule has 0 aliphatic heterocycles. The first kappa shape index (κ1) is 53.8. The van der Waals surface area contributed by atoms with E-state index in [2.05, 4.69) is 26.3 Å². The molecule has 0 aliphatic carbocycles. The number of hydrogen-bond donors (Lipinski definition) is 0. The Hall–Kier alpha value is 0.684. The first-order chi connectivity index (χ1) is 3.00. The van der Waals surface area contributed by atoms with Gasteiger partial charge in [-0.3, -0.25) is 13.2 Å². The summed E-state index contributed by atoms with van der Waals surface area (Å²) < 4.78 is 0. The van der Waals surface area contributed by atoms with Crippen molar-refractivity contribution in [2.45, 2.75) is 0 Å². The molecule has 0 saturated heterocycles. The molecule has 0 bridgehead atoms. The van der Waals surface area contributed by atoms with Crippen LogP contribution >= 0.6 is 0 Å². The molecule has 0 aromatic heterocycles. The van der Waals surface area contributed by atoms with Crippen molar-refractivity contribution >= 4 is 0 Å². The smallest absolute Gasteiger partial charge is 0.521 e. The normalized spacial score (nSPS) is 1.11. The fraction of sp³-hybridized carbons (Fsp3) is 0. The molecule has 0 fully saturated rings. The Morgan fingerprint density at radius 3 is 0.889 bits per heavy atom. The summed E-state index contributed by atoms with van der Waals surface area (Å²) in [5.74, 6) is 0. The molecule has 0 aromatic carbocycles. The molecule has 9 heavy (non-hydrogen) atoms. The van der Waals surface area contributed by atoms with E-state index in [1.165, 1.54) is 0 Å². The summed E-state index contributed by atoms with van der Waals surface area (Å²) in [4.78, 5) is 0. The molecule has 0 aliphatic rings. The van der Waals surface area contributed by atoms with Gasteiger partial charge in [0.15, 0.2) is 0 Å². The molecular weight excluding hydrogens is 151 g/mol. The number of rotatable bonds is 0. The van der Waals surface area contributed by atoms with Gasteiger partial charge in [0.2, 0.25) is 0 Å². The third kappa shape index (κ3) is 829. The Kier molecular flexibility index (Phi) is 6550. The molecule has 0 spiro atoms. The summed E-state index contributed by atoms with van der Waals surface area (Å²) in [6, 6.07) is 0. The van der Waals surface area contributed by atoms with Crippen LogP contribution in [0.15, 0.2) is 13.2 Å². The Morgan fingerprint density at radius 2 is 0.889 bits per heavy atom. The molecule has 0 aromatic rings. The van der Waals surface area contributed by atoms with Crippen LogP contribution < -0.4 is 37.7 Å². The molecule has 1 nitrogen and oxygen atoms in total. The van der Waals surface area contributed by atoms with Crippen LogP contribution in [-0.2, 0) is 17.1 Å². The summed E-state index contributed by atoms with van der Waals surface area (Å²) in [6.07, 6.45) is 0. The average molecular weight is 158 g/mol. The van der Waals surface area contributed by atoms with Gasteiger partial charge in [0.1, 0.15) is 0 Å². The second kappa shape index (κ2) is 1100. The van der Waals surface area contributed by atoms with Crippen LogP contribution in [0.2, 0.25) is 0 Å². The van der Waals surface area contributed by atoms with E-state index < -0.39 is 0 Å². The van der Waals surface area contributed by atoms with Gasteiger partial charge in [-0.15, -0.1) is 0 Å². The monoisotopic (exact) mass is 157 g/mol. The maximum Gasteiger partial charge on any atom is 1.00 e. The molecule has 0 N–H and O–H groups in total. The predicted molar refractivity (Wildman–Crippen MR) is 24.8 cm³/mol. The van der Waals surface area contributed by atoms with Crippen molar-refractivity contribution in [3.05, 3.63) is 32.9 Å². The molecule has 0 heterocycles. The molecule has 0 amide bonds. The second-order valence-corrected chi connectivity index (χ2v) is 0. The topological polar surface area (TPSA) is 23.8 Å². The van der Waals surface area contributed by atoms with Crippen LogP contribution in [0, 0.1) is 25.0 Å². The van der Waals surface area contributed by atoms with E-state index in [4.69, 9.17) is 11.8 Å². The van der Waals surface area contributed by atoms with Gasteiger partial charge in [0.25, 0.3) is 0 Å². The van der Waals surface area contributed by atoms with E-state index in [1.54, 1.807) is 0 Å². The Balaban J connectivity index is -0.00000000321. The number of nitrogens with zero attached hydrogens (tertiary/aromatic N) is 1. The predicted octanol–water partition coefficient (Wildman–Crippen LogP) is -4.69. The number of hydrogen-bond acceptors (Lipinski definition) is 1. The largest absolute Gasteiger partial charge is 1.00 e. The van der Waals surface area contributed by atoms with Gasteiger partial charge in [-0.2, -0.15) is 0 Å². The minimum atomic E-state index is 0. The summed E-state index contributed by atoms with van der Waals surface area (Å²) in [6.45, 7) is 18.8. The van der Waals surface area contributed by atoms with E-state index >= 15 is 0 Å². The Labute approximate surface area is 92.4 Å². The molecule has 4 heteroatoms. The molecular formula is C5H6CuLi2N. The second-order valence-electron chi connectivity index (χ2n) is 0. The van der Waals surface area contributed by atoms with E-state index in [0.29, 0.717) is 0 Å². The first-order valence-electron chi connectivity index (χ1n) is 1.04. The summed E-state index contributed by atoms with van der Waals surface area (Å²) in [5.41, 5.74) is 0. The van der Waals surface area contributed by atoms with Gasteiger partial charge in [-0.1, -0.05) is 0 Å². The van der Waals surface area contributed by atoms with E-state index in [0.717, 1.165) is 0 Å². The minimum Gasteiger partial charge on any atom is -0.521 e. The van der Waals surface area contributed by atoms with Crippen molar-refractivity contribution in [1.82, 2.24) is 0 Å². The van der Waals surface area contributed by atoms with Crippen LogP contribution in [0.5, 0.6) is 0 Å². The zero-order chi connectivity index (χ0) is 6.00. The molecule has 0 unspecified atom stereocenters. The van der Waals surface area contributed by atoms with Crippen LogP contribution in [0.3, 0.4) is 0 Å². The quantitative estimate of drug-likeness (QED) is 0.256. The molecule has 0 atom stereocenters. The summed E-state index contributed by atoms with van der Waals surface area (Å²) in [5, 5.41) is 6.25. The zero-order valence-electron chi connectivity index (χ0n) is 5.82. The van der Waals surface area contributed by atoms with E-state index in [1.807, 2.05) is 0 Å². The molecule has 0 rings (SSSR count). The summed E-state index contributed by atoms with van der Waals surface area (Å²) >= 11 is 0. The Morgan fingerprint density at radius 1 is 0.889 bits per heavy atom. The van der Waals surface area contributed by atoms with Crippen LogP contribution in [0.1, 0.15) is 0 Å². The van der Waals surface area contributed by atoms with Crippen molar-refractivity contribution in [3.63, 3.8) is 0 Å². The van der Waals surface area contributed by atoms with Crippen molar-refractivity contribution in [1.29, 1.82) is 5.26 Å².